The van der Waals surface area contributed by atoms with Crippen LogP contribution in [0, 0.1) is 0 Å². The number of likely N-dealkylation sites (N-methyl/N-ethyl adjacent to an activating group) is 1. The molecule has 8 heteroatoms. The van der Waals surface area contributed by atoms with E-state index < -0.39 is 24.0 Å². The van der Waals surface area contributed by atoms with Crippen LogP contribution in [0.15, 0.2) is 0 Å². The smallest absolute Gasteiger partial charge is 0.303 e. The van der Waals surface area contributed by atoms with Gasteiger partial charge >= 0.3 is 5.97 Å². The second kappa shape index (κ2) is 8.71. The zero-order chi connectivity index (χ0) is 13.6. The van der Waals surface area contributed by atoms with E-state index in [1.54, 1.807) is 0 Å². The summed E-state index contributed by atoms with van der Waals surface area (Å²) in [6, 6.07) is -1.59. The topological polar surface area (TPSA) is 113 Å². The Balaban J connectivity index is 0. The lowest BCUT2D eigenvalue weighted by Gasteiger charge is -2.22. The number of carboxylic acid groups (broad SMARTS) is 1. The first kappa shape index (κ1) is 19.0. The van der Waals surface area contributed by atoms with E-state index in [4.69, 9.17) is 10.8 Å². The Hall–Kier alpha value is -1.34. The van der Waals surface area contributed by atoms with Gasteiger partial charge in [-0.2, -0.15) is 0 Å². The number of nitrogens with one attached hydrogen (secondary N) is 1. The molecule has 0 aromatic rings. The molecule has 0 aliphatic carbocycles. The molecule has 7 nitrogen and oxygen atoms in total. The number of rotatable bonds is 6. The van der Waals surface area contributed by atoms with Crippen molar-refractivity contribution in [2.45, 2.75) is 31.8 Å². The molecule has 4 N–H and O–H groups in total. The van der Waals surface area contributed by atoms with Gasteiger partial charge in [0.15, 0.2) is 0 Å². The van der Waals surface area contributed by atoms with Crippen LogP contribution in [0.3, 0.4) is 0 Å². The summed E-state index contributed by atoms with van der Waals surface area (Å²) in [7, 11) is 3.07. The van der Waals surface area contributed by atoms with Crippen LogP contribution in [0.1, 0.15) is 19.8 Å². The van der Waals surface area contributed by atoms with Crippen molar-refractivity contribution in [3.8, 4) is 0 Å². The Kier molecular flexibility index (Phi) is 9.20. The molecule has 2 amide bonds. The van der Waals surface area contributed by atoms with Crippen molar-refractivity contribution in [2.75, 3.05) is 14.1 Å². The van der Waals surface area contributed by atoms with Gasteiger partial charge in [-0.3, -0.25) is 14.4 Å². The highest BCUT2D eigenvalue weighted by atomic mass is 35.5. The number of carbonyl (C=O) groups excluding carboxylic acids is 2. The molecule has 2 atom stereocenters. The average Bonchev–Trinajstić information content (AvgIpc) is 2.22. The minimum atomic E-state index is -1.02. The van der Waals surface area contributed by atoms with Gasteiger partial charge in [0.1, 0.15) is 6.04 Å². The van der Waals surface area contributed by atoms with Crippen molar-refractivity contribution in [1.29, 1.82) is 0 Å². The molecule has 0 aliphatic rings. The van der Waals surface area contributed by atoms with Crippen LogP contribution in [0.25, 0.3) is 0 Å². The van der Waals surface area contributed by atoms with Gasteiger partial charge in [0.05, 0.1) is 6.04 Å². The molecule has 0 aromatic heterocycles. The number of nitrogens with zero attached hydrogens (tertiary/aromatic N) is 1. The standard InChI is InChI=1S/C10H19N3O4.ClH/c1-6(11)9(16)12-7(4-5-8(14)15)10(17)13(2)3;/h6-7H,4-5,11H2,1-3H3,(H,12,16)(H,14,15);1H/t6-,7+;/m0./s1. The minimum Gasteiger partial charge on any atom is -0.481 e. The first-order valence-electron chi connectivity index (χ1n) is 5.24. The minimum absolute atomic E-state index is 0. The lowest BCUT2D eigenvalue weighted by molar-refractivity contribution is -0.139. The normalized spacial score (nSPS) is 12.9. The average molecular weight is 282 g/mol. The Bertz CT molecular complexity index is 307. The fourth-order valence-electron chi connectivity index (χ4n) is 1.14. The Labute approximate surface area is 112 Å². The van der Waals surface area contributed by atoms with Gasteiger partial charge in [0.2, 0.25) is 11.8 Å². The van der Waals surface area contributed by atoms with Crippen molar-refractivity contribution in [2.24, 2.45) is 5.73 Å². The Morgan fingerprint density at radius 1 is 1.33 bits per heavy atom. The molecule has 0 saturated carbocycles. The first-order valence-corrected chi connectivity index (χ1v) is 5.24. The van der Waals surface area contributed by atoms with Gasteiger partial charge < -0.3 is 21.1 Å². The third-order valence-electron chi connectivity index (χ3n) is 2.12. The van der Waals surface area contributed by atoms with Gasteiger partial charge in [-0.05, 0) is 13.3 Å². The van der Waals surface area contributed by atoms with E-state index in [9.17, 15) is 14.4 Å². The van der Waals surface area contributed by atoms with Gasteiger partial charge in [0.25, 0.3) is 0 Å². The van der Waals surface area contributed by atoms with Crippen LogP contribution < -0.4 is 11.1 Å². The van der Waals surface area contributed by atoms with Crippen LogP contribution in [0.2, 0.25) is 0 Å². The van der Waals surface area contributed by atoms with Crippen molar-refractivity contribution in [3.05, 3.63) is 0 Å². The van der Waals surface area contributed by atoms with Crippen LogP contribution in [-0.2, 0) is 14.4 Å². The second-order valence-electron chi connectivity index (χ2n) is 4.01. The Morgan fingerprint density at radius 2 is 1.83 bits per heavy atom. The number of nitrogens with two attached hydrogens (primary N) is 1. The van der Waals surface area contributed by atoms with Crippen molar-refractivity contribution in [3.63, 3.8) is 0 Å². The maximum atomic E-state index is 11.7. The number of halogens is 1. The first-order chi connectivity index (χ1) is 7.75. The van der Waals surface area contributed by atoms with E-state index >= 15 is 0 Å². The molecule has 0 saturated heterocycles. The molecule has 0 unspecified atom stereocenters. The predicted octanol–water partition coefficient (Wildman–Crippen LogP) is -0.807. The molecule has 18 heavy (non-hydrogen) atoms. The van der Waals surface area contributed by atoms with Gasteiger partial charge in [-0.1, -0.05) is 0 Å². The number of hydrogen-bond donors (Lipinski definition) is 3. The van der Waals surface area contributed by atoms with Crippen LogP contribution in [0.4, 0.5) is 0 Å². The predicted molar refractivity (Wildman–Crippen MR) is 68.4 cm³/mol. The molecule has 0 aliphatic heterocycles. The van der Waals surface area contributed by atoms with E-state index in [1.165, 1.54) is 25.9 Å². The molecule has 106 valence electrons. The number of aliphatic carboxylic acids is 1. The largest absolute Gasteiger partial charge is 0.481 e. The zero-order valence-electron chi connectivity index (χ0n) is 10.7. The summed E-state index contributed by atoms with van der Waals surface area (Å²) >= 11 is 0. The summed E-state index contributed by atoms with van der Waals surface area (Å²) < 4.78 is 0. The fourth-order valence-corrected chi connectivity index (χ4v) is 1.14. The lowest BCUT2D eigenvalue weighted by atomic mass is 10.1. The van der Waals surface area contributed by atoms with E-state index in [0.717, 1.165) is 0 Å². The van der Waals surface area contributed by atoms with E-state index in [0.29, 0.717) is 0 Å². The third kappa shape index (κ3) is 7.08. The summed E-state index contributed by atoms with van der Waals surface area (Å²) in [5.74, 6) is -1.84. The molecule has 0 fully saturated rings. The van der Waals surface area contributed by atoms with Crippen LogP contribution >= 0.6 is 12.4 Å². The van der Waals surface area contributed by atoms with Crippen molar-refractivity contribution < 1.29 is 19.5 Å². The molecular formula is C10H20ClN3O4. The third-order valence-corrected chi connectivity index (χ3v) is 2.12. The highest BCUT2D eigenvalue weighted by Crippen LogP contribution is 2.01. The monoisotopic (exact) mass is 281 g/mol. The maximum absolute atomic E-state index is 11.7. The van der Waals surface area contributed by atoms with E-state index in [1.807, 2.05) is 0 Å². The van der Waals surface area contributed by atoms with E-state index in [-0.39, 0.29) is 31.2 Å². The van der Waals surface area contributed by atoms with Gasteiger partial charge in [-0.25, -0.2) is 0 Å². The van der Waals surface area contributed by atoms with Crippen LogP contribution in [0.5, 0.6) is 0 Å². The second-order valence-corrected chi connectivity index (χ2v) is 4.01. The fraction of sp³-hybridized carbons (Fsp3) is 0.700. The summed E-state index contributed by atoms with van der Waals surface area (Å²) in [5, 5.41) is 11.0. The molecule has 0 heterocycles. The lowest BCUT2D eigenvalue weighted by Crippen LogP contribution is -2.50. The van der Waals surface area contributed by atoms with Crippen molar-refractivity contribution in [1.82, 2.24) is 10.2 Å². The molecular weight excluding hydrogens is 262 g/mol. The summed E-state index contributed by atoms with van der Waals surface area (Å²) in [6.07, 6.45) is -0.145. The SMILES string of the molecule is C[C@H](N)C(=O)N[C@H](CCC(=O)O)C(=O)N(C)C.Cl. The molecule has 0 spiro atoms. The number of carbonyl (C=O) groups is 3. The molecule has 0 rings (SSSR count). The summed E-state index contributed by atoms with van der Waals surface area (Å²) in [6.45, 7) is 1.49. The highest BCUT2D eigenvalue weighted by molar-refractivity contribution is 5.89. The molecule has 0 radical (unpaired) electrons. The molecule has 0 bridgehead atoms. The van der Waals surface area contributed by atoms with Crippen LogP contribution in [-0.4, -0.2) is 54.0 Å². The number of hydrogen-bond acceptors (Lipinski definition) is 4. The van der Waals surface area contributed by atoms with Gasteiger partial charge in [0, 0.05) is 20.5 Å². The highest BCUT2D eigenvalue weighted by Gasteiger charge is 2.24. The van der Waals surface area contributed by atoms with Gasteiger partial charge in [-0.15, -0.1) is 12.4 Å². The summed E-state index contributed by atoms with van der Waals surface area (Å²) in [4.78, 5) is 34.8. The Morgan fingerprint density at radius 3 is 2.17 bits per heavy atom. The maximum Gasteiger partial charge on any atom is 0.303 e. The van der Waals surface area contributed by atoms with Crippen molar-refractivity contribution >= 4 is 30.2 Å². The number of amides is 2. The summed E-state index contributed by atoms with van der Waals surface area (Å²) in [5.41, 5.74) is 5.36. The number of carboxylic acids is 1. The zero-order valence-corrected chi connectivity index (χ0v) is 11.5. The molecule has 0 aromatic carbocycles. The quantitative estimate of drug-likeness (QED) is 0.589. The van der Waals surface area contributed by atoms with E-state index in [2.05, 4.69) is 5.32 Å².